The van der Waals surface area contributed by atoms with Crippen LogP contribution in [0.5, 0.6) is 0 Å². The Balaban J connectivity index is 1.98. The maximum atomic E-state index is 12.5. The highest BCUT2D eigenvalue weighted by molar-refractivity contribution is 5.90. The zero-order chi connectivity index (χ0) is 25.8. The van der Waals surface area contributed by atoms with E-state index in [1.54, 1.807) is 97.1 Å². The fourth-order valence-electron chi connectivity index (χ4n) is 4.72. The van der Waals surface area contributed by atoms with Crippen molar-refractivity contribution in [2.24, 2.45) is 0 Å². The first-order valence-corrected chi connectivity index (χ1v) is 11.4. The van der Waals surface area contributed by atoms with E-state index in [4.69, 9.17) is 0 Å². The largest absolute Gasteiger partial charge is 0.478 e. The van der Waals surface area contributed by atoms with Crippen LogP contribution in [-0.4, -0.2) is 32.4 Å². The van der Waals surface area contributed by atoms with Gasteiger partial charge in [-0.25, -0.2) is 9.59 Å². The van der Waals surface area contributed by atoms with Crippen LogP contribution in [-0.2, 0) is 24.0 Å². The summed E-state index contributed by atoms with van der Waals surface area (Å²) in [5, 5.41) is 44.6. The minimum absolute atomic E-state index is 0.00760. The second-order valence-electron chi connectivity index (χ2n) is 8.73. The van der Waals surface area contributed by atoms with E-state index in [1.165, 1.54) is 12.1 Å². The molecule has 4 N–H and O–H groups in total. The van der Waals surface area contributed by atoms with Crippen LogP contribution in [0.15, 0.2) is 109 Å². The zero-order valence-electron chi connectivity index (χ0n) is 19.4. The second-order valence-corrected chi connectivity index (χ2v) is 8.73. The molecule has 0 bridgehead atoms. The van der Waals surface area contributed by atoms with Crippen LogP contribution in [0.2, 0.25) is 0 Å². The topological polar surface area (TPSA) is 115 Å². The Morgan fingerprint density at radius 1 is 0.500 bits per heavy atom. The van der Waals surface area contributed by atoms with Gasteiger partial charge in [0.05, 0.1) is 11.1 Å². The molecule has 0 aliphatic carbocycles. The molecule has 36 heavy (non-hydrogen) atoms. The predicted molar refractivity (Wildman–Crippen MR) is 135 cm³/mol. The summed E-state index contributed by atoms with van der Waals surface area (Å²) in [6, 6.07) is 29.8. The Labute approximate surface area is 208 Å². The molecule has 6 heteroatoms. The Morgan fingerprint density at radius 3 is 1.14 bits per heavy atom. The fraction of sp³-hybridized carbons (Fsp3) is 0.133. The summed E-state index contributed by atoms with van der Waals surface area (Å²) >= 11 is 0. The number of rotatable bonds is 9. The fourth-order valence-corrected chi connectivity index (χ4v) is 4.72. The average molecular weight is 483 g/mol. The molecule has 0 aliphatic heterocycles. The van der Waals surface area contributed by atoms with Crippen LogP contribution in [0, 0.1) is 0 Å². The molecule has 4 aromatic rings. The lowest BCUT2D eigenvalue weighted by Gasteiger charge is -2.45. The van der Waals surface area contributed by atoms with Crippen LogP contribution < -0.4 is 0 Å². The van der Waals surface area contributed by atoms with Gasteiger partial charge in [0.2, 0.25) is 0 Å². The normalized spacial score (nSPS) is 14.4. The highest BCUT2D eigenvalue weighted by Crippen LogP contribution is 2.46. The van der Waals surface area contributed by atoms with Gasteiger partial charge in [0.1, 0.15) is 11.2 Å². The summed E-state index contributed by atoms with van der Waals surface area (Å²) in [5.74, 6) is -2.30. The molecule has 0 saturated carbocycles. The van der Waals surface area contributed by atoms with Gasteiger partial charge in [0.15, 0.2) is 0 Å². The third kappa shape index (κ3) is 4.64. The van der Waals surface area contributed by atoms with E-state index in [2.05, 4.69) is 0 Å². The van der Waals surface area contributed by atoms with Gasteiger partial charge in [-0.15, -0.1) is 0 Å². The summed E-state index contributed by atoms with van der Waals surface area (Å²) in [6.07, 6.45) is -0.472. The Hall–Kier alpha value is -4.26. The summed E-state index contributed by atoms with van der Waals surface area (Å²) in [7, 11) is 0. The second kappa shape index (κ2) is 10.2. The van der Waals surface area contributed by atoms with Gasteiger partial charge in [-0.3, -0.25) is 0 Å². The maximum absolute atomic E-state index is 12.5. The highest BCUT2D eigenvalue weighted by Gasteiger charge is 2.52. The summed E-state index contributed by atoms with van der Waals surface area (Å²) < 4.78 is 0. The molecule has 0 aliphatic rings. The van der Waals surface area contributed by atoms with E-state index in [0.29, 0.717) is 22.3 Å². The number of benzene rings is 4. The number of carboxylic acids is 2. The summed E-state index contributed by atoms with van der Waals surface area (Å²) in [5.41, 5.74) is -2.66. The maximum Gasteiger partial charge on any atom is 0.335 e. The third-order valence-corrected chi connectivity index (χ3v) is 6.58. The SMILES string of the molecule is O=C(O)c1ccccc1CC(O)(c1ccccc1)C(O)(Cc1ccccc1C(=O)O)c1ccccc1. The van der Waals surface area contributed by atoms with Gasteiger partial charge in [0.25, 0.3) is 0 Å². The lowest BCUT2D eigenvalue weighted by atomic mass is 9.67. The molecule has 0 fully saturated rings. The molecule has 6 nitrogen and oxygen atoms in total. The van der Waals surface area contributed by atoms with Crippen LogP contribution >= 0.6 is 0 Å². The van der Waals surface area contributed by atoms with Gasteiger partial charge in [-0.1, -0.05) is 97.1 Å². The minimum atomic E-state index is -2.03. The molecule has 0 radical (unpaired) electrons. The average Bonchev–Trinajstić information content (AvgIpc) is 2.90. The zero-order valence-corrected chi connectivity index (χ0v) is 19.4. The first kappa shape index (κ1) is 24.9. The minimum Gasteiger partial charge on any atom is -0.478 e. The van der Waals surface area contributed by atoms with Gasteiger partial charge in [-0.2, -0.15) is 0 Å². The molecule has 0 amide bonds. The Kier molecular flexibility index (Phi) is 7.01. The van der Waals surface area contributed by atoms with Crippen molar-refractivity contribution in [1.82, 2.24) is 0 Å². The quantitative estimate of drug-likeness (QED) is 0.276. The van der Waals surface area contributed by atoms with Crippen LogP contribution in [0.4, 0.5) is 0 Å². The smallest absolute Gasteiger partial charge is 0.335 e. The van der Waals surface area contributed by atoms with Gasteiger partial charge >= 0.3 is 11.9 Å². The monoisotopic (exact) mass is 482 g/mol. The molecular weight excluding hydrogens is 456 g/mol. The molecule has 0 heterocycles. The lowest BCUT2D eigenvalue weighted by molar-refractivity contribution is -0.165. The Morgan fingerprint density at radius 2 is 0.806 bits per heavy atom. The van der Waals surface area contributed by atoms with Crippen molar-refractivity contribution in [3.63, 3.8) is 0 Å². The standard InChI is InChI=1S/C30H26O6/c31-27(32)25-17-9-7-11-21(25)19-29(35,23-13-3-1-4-14-23)30(36,24-15-5-2-6-16-24)20-22-12-8-10-18-26(22)28(33)34/h1-18,35-36H,19-20H2,(H,31,32)(H,33,34). The molecule has 0 aromatic heterocycles. The first-order chi connectivity index (χ1) is 17.3. The molecule has 0 saturated heterocycles. The van der Waals surface area contributed by atoms with E-state index in [0.717, 1.165) is 0 Å². The molecule has 4 rings (SSSR count). The van der Waals surface area contributed by atoms with Crippen LogP contribution in [0.3, 0.4) is 0 Å². The van der Waals surface area contributed by atoms with Gasteiger partial charge < -0.3 is 20.4 Å². The van der Waals surface area contributed by atoms with E-state index in [9.17, 15) is 30.0 Å². The van der Waals surface area contributed by atoms with Crippen LogP contribution in [0.1, 0.15) is 43.0 Å². The van der Waals surface area contributed by atoms with Crippen LogP contribution in [0.25, 0.3) is 0 Å². The summed E-state index contributed by atoms with van der Waals surface area (Å²) in [6.45, 7) is 0. The van der Waals surface area contributed by atoms with Crippen molar-refractivity contribution >= 4 is 11.9 Å². The van der Waals surface area contributed by atoms with Crippen molar-refractivity contribution in [1.29, 1.82) is 0 Å². The molecular formula is C30H26O6. The number of aliphatic hydroxyl groups is 2. The van der Waals surface area contributed by atoms with Crippen molar-refractivity contribution in [3.8, 4) is 0 Å². The molecule has 2 unspecified atom stereocenters. The van der Waals surface area contributed by atoms with Crippen molar-refractivity contribution in [2.45, 2.75) is 24.0 Å². The molecule has 0 spiro atoms. The number of hydrogen-bond acceptors (Lipinski definition) is 4. The van der Waals surface area contributed by atoms with Gasteiger partial charge in [-0.05, 0) is 34.4 Å². The van der Waals surface area contributed by atoms with E-state index >= 15 is 0 Å². The van der Waals surface area contributed by atoms with E-state index < -0.39 is 23.1 Å². The van der Waals surface area contributed by atoms with E-state index in [-0.39, 0.29) is 24.0 Å². The molecule has 2 atom stereocenters. The first-order valence-electron chi connectivity index (χ1n) is 11.4. The lowest BCUT2D eigenvalue weighted by Crippen LogP contribution is -2.52. The third-order valence-electron chi connectivity index (χ3n) is 6.58. The predicted octanol–water partition coefficient (Wildman–Crippen LogP) is 4.64. The number of aromatic carboxylic acids is 2. The van der Waals surface area contributed by atoms with Gasteiger partial charge in [0, 0.05) is 12.8 Å². The van der Waals surface area contributed by atoms with Crippen molar-refractivity contribution in [2.75, 3.05) is 0 Å². The van der Waals surface area contributed by atoms with E-state index in [1.807, 2.05) is 0 Å². The van der Waals surface area contributed by atoms with Crippen molar-refractivity contribution in [3.05, 3.63) is 143 Å². The number of hydrogen-bond donors (Lipinski definition) is 4. The number of carboxylic acid groups (broad SMARTS) is 2. The van der Waals surface area contributed by atoms with Crippen molar-refractivity contribution < 1.29 is 30.0 Å². The summed E-state index contributed by atoms with van der Waals surface area (Å²) in [4.78, 5) is 23.9. The molecule has 4 aromatic carbocycles. The number of carbonyl (C=O) groups is 2. The Bertz CT molecular complexity index is 1260. The highest BCUT2D eigenvalue weighted by atomic mass is 16.4. The molecule has 182 valence electrons.